The van der Waals surface area contributed by atoms with Crippen LogP contribution in [0.5, 0.6) is 17.2 Å². The number of rotatable bonds is 10. The summed E-state index contributed by atoms with van der Waals surface area (Å²) in [7, 11) is 1.62. The zero-order chi connectivity index (χ0) is 22.3. The van der Waals surface area contributed by atoms with Crippen LogP contribution in [0.15, 0.2) is 60.1 Å². The molecular formula is C24H25N3O4S. The number of carbonyl (C=O) groups excluding carboxylic acids is 1. The minimum atomic E-state index is -0.0562. The fraction of sp³-hybridized carbons (Fsp3) is 0.250. The van der Waals surface area contributed by atoms with Gasteiger partial charge in [0.2, 0.25) is 5.91 Å². The van der Waals surface area contributed by atoms with Gasteiger partial charge in [0.1, 0.15) is 23.9 Å². The van der Waals surface area contributed by atoms with Crippen molar-refractivity contribution in [2.45, 2.75) is 13.3 Å². The standard InChI is InChI=1S/C24H25N3O4S/c1-3-30-20-6-4-17(5-7-20)22-15-27-18(16-32-24(27)26-22)14-23(28)25-12-13-31-21-10-8-19(29-2)9-11-21/h4-11,15-16H,3,12-14H2,1-2H3,(H,25,28). The first-order valence-corrected chi connectivity index (χ1v) is 11.3. The summed E-state index contributed by atoms with van der Waals surface area (Å²) in [4.78, 5) is 17.9. The Morgan fingerprint density at radius 2 is 1.72 bits per heavy atom. The van der Waals surface area contributed by atoms with E-state index in [9.17, 15) is 4.79 Å². The smallest absolute Gasteiger partial charge is 0.226 e. The fourth-order valence-corrected chi connectivity index (χ4v) is 4.12. The molecule has 0 aliphatic carbocycles. The first kappa shape index (κ1) is 21.7. The molecule has 0 atom stereocenters. The van der Waals surface area contributed by atoms with Crippen LogP contribution in [-0.2, 0) is 11.2 Å². The molecule has 8 heteroatoms. The van der Waals surface area contributed by atoms with Gasteiger partial charge in [0.25, 0.3) is 0 Å². The summed E-state index contributed by atoms with van der Waals surface area (Å²) in [6.07, 6.45) is 2.25. The van der Waals surface area contributed by atoms with Crippen molar-refractivity contribution in [3.05, 3.63) is 65.8 Å². The van der Waals surface area contributed by atoms with Gasteiger partial charge in [-0.25, -0.2) is 4.98 Å². The van der Waals surface area contributed by atoms with Crippen molar-refractivity contribution in [3.8, 4) is 28.5 Å². The van der Waals surface area contributed by atoms with Crippen LogP contribution in [-0.4, -0.2) is 42.2 Å². The minimum absolute atomic E-state index is 0.0562. The van der Waals surface area contributed by atoms with Gasteiger partial charge in [-0.3, -0.25) is 9.20 Å². The Bertz CT molecular complexity index is 1170. The maximum atomic E-state index is 12.4. The van der Waals surface area contributed by atoms with Crippen LogP contribution in [0, 0.1) is 0 Å². The Labute approximate surface area is 190 Å². The zero-order valence-electron chi connectivity index (χ0n) is 18.0. The van der Waals surface area contributed by atoms with E-state index in [2.05, 4.69) is 10.3 Å². The quantitative estimate of drug-likeness (QED) is 0.366. The summed E-state index contributed by atoms with van der Waals surface area (Å²) in [6, 6.07) is 15.2. The van der Waals surface area contributed by atoms with Crippen LogP contribution in [0.2, 0.25) is 0 Å². The third-order valence-corrected chi connectivity index (χ3v) is 5.73. The van der Waals surface area contributed by atoms with Crippen molar-refractivity contribution in [2.24, 2.45) is 0 Å². The topological polar surface area (TPSA) is 74.1 Å². The van der Waals surface area contributed by atoms with Gasteiger partial charge < -0.3 is 19.5 Å². The molecule has 7 nitrogen and oxygen atoms in total. The third kappa shape index (κ3) is 5.20. The summed E-state index contributed by atoms with van der Waals surface area (Å²) >= 11 is 1.52. The number of benzene rings is 2. The van der Waals surface area contributed by atoms with Crippen LogP contribution in [0.4, 0.5) is 0 Å². The van der Waals surface area contributed by atoms with E-state index in [1.807, 2.05) is 71.4 Å². The molecule has 166 valence electrons. The summed E-state index contributed by atoms with van der Waals surface area (Å²) < 4.78 is 18.2. The number of hydrogen-bond donors (Lipinski definition) is 1. The molecule has 4 aromatic rings. The number of nitrogens with zero attached hydrogens (tertiary/aromatic N) is 2. The van der Waals surface area contributed by atoms with Crippen molar-refractivity contribution >= 4 is 22.2 Å². The van der Waals surface area contributed by atoms with Gasteiger partial charge in [0.15, 0.2) is 4.96 Å². The first-order chi connectivity index (χ1) is 15.7. The third-order valence-electron chi connectivity index (χ3n) is 4.84. The average molecular weight is 452 g/mol. The summed E-state index contributed by atoms with van der Waals surface area (Å²) in [5.74, 6) is 2.29. The van der Waals surface area contributed by atoms with E-state index in [4.69, 9.17) is 14.2 Å². The Balaban J connectivity index is 1.31. The molecule has 0 aliphatic heterocycles. The molecule has 2 aromatic carbocycles. The SMILES string of the molecule is CCOc1ccc(-c2cn3c(CC(=O)NCCOc4ccc(OC)cc4)csc3n2)cc1. The van der Waals surface area contributed by atoms with Gasteiger partial charge in [-0.1, -0.05) is 0 Å². The summed E-state index contributed by atoms with van der Waals surface area (Å²) in [6.45, 7) is 3.42. The lowest BCUT2D eigenvalue weighted by Crippen LogP contribution is -2.29. The zero-order valence-corrected chi connectivity index (χ0v) is 18.9. The number of nitrogens with one attached hydrogen (secondary N) is 1. The Morgan fingerprint density at radius 3 is 2.44 bits per heavy atom. The molecular weight excluding hydrogens is 426 g/mol. The van der Waals surface area contributed by atoms with Crippen molar-refractivity contribution < 1.29 is 19.0 Å². The molecule has 1 amide bonds. The minimum Gasteiger partial charge on any atom is -0.497 e. The van der Waals surface area contributed by atoms with Crippen molar-refractivity contribution in [3.63, 3.8) is 0 Å². The van der Waals surface area contributed by atoms with Crippen molar-refractivity contribution in [1.29, 1.82) is 0 Å². The molecule has 0 saturated heterocycles. The summed E-state index contributed by atoms with van der Waals surface area (Å²) in [5, 5.41) is 4.87. The Kier molecular flexibility index (Phi) is 6.91. The molecule has 4 rings (SSSR count). The molecule has 0 saturated carbocycles. The van der Waals surface area contributed by atoms with E-state index in [0.29, 0.717) is 19.8 Å². The van der Waals surface area contributed by atoms with E-state index >= 15 is 0 Å². The van der Waals surface area contributed by atoms with Gasteiger partial charge in [0.05, 0.1) is 32.4 Å². The van der Waals surface area contributed by atoms with Gasteiger partial charge in [0, 0.05) is 22.8 Å². The van der Waals surface area contributed by atoms with E-state index in [1.165, 1.54) is 11.3 Å². The normalized spacial score (nSPS) is 10.8. The highest BCUT2D eigenvalue weighted by Crippen LogP contribution is 2.25. The Hall–Kier alpha value is -3.52. The summed E-state index contributed by atoms with van der Waals surface area (Å²) in [5.41, 5.74) is 2.79. The second-order valence-corrected chi connectivity index (χ2v) is 7.85. The molecule has 0 fully saturated rings. The highest BCUT2D eigenvalue weighted by molar-refractivity contribution is 7.15. The van der Waals surface area contributed by atoms with Crippen LogP contribution < -0.4 is 19.5 Å². The molecule has 0 bridgehead atoms. The molecule has 2 heterocycles. The fourth-order valence-electron chi connectivity index (χ4n) is 3.24. The van der Waals surface area contributed by atoms with E-state index in [0.717, 1.165) is 39.2 Å². The highest BCUT2D eigenvalue weighted by Gasteiger charge is 2.12. The maximum absolute atomic E-state index is 12.4. The van der Waals surface area contributed by atoms with Crippen molar-refractivity contribution in [1.82, 2.24) is 14.7 Å². The van der Waals surface area contributed by atoms with E-state index < -0.39 is 0 Å². The predicted octanol–water partition coefficient (Wildman–Crippen LogP) is 4.21. The van der Waals surface area contributed by atoms with Gasteiger partial charge >= 0.3 is 0 Å². The number of aromatic nitrogens is 2. The van der Waals surface area contributed by atoms with E-state index in [1.54, 1.807) is 7.11 Å². The molecule has 0 spiro atoms. The number of amides is 1. The lowest BCUT2D eigenvalue weighted by Gasteiger charge is -2.08. The lowest BCUT2D eigenvalue weighted by atomic mass is 10.1. The number of thiazole rings is 1. The van der Waals surface area contributed by atoms with Crippen LogP contribution >= 0.6 is 11.3 Å². The van der Waals surface area contributed by atoms with E-state index in [-0.39, 0.29) is 12.3 Å². The second kappa shape index (κ2) is 10.2. The molecule has 0 aliphatic rings. The number of carbonyl (C=O) groups is 1. The number of ether oxygens (including phenoxy) is 3. The van der Waals surface area contributed by atoms with Crippen molar-refractivity contribution in [2.75, 3.05) is 26.9 Å². The maximum Gasteiger partial charge on any atom is 0.226 e. The largest absolute Gasteiger partial charge is 0.497 e. The molecule has 0 unspecified atom stereocenters. The van der Waals surface area contributed by atoms with Crippen LogP contribution in [0.25, 0.3) is 16.2 Å². The predicted molar refractivity (Wildman–Crippen MR) is 125 cm³/mol. The second-order valence-electron chi connectivity index (χ2n) is 7.01. The molecule has 1 N–H and O–H groups in total. The number of imidazole rings is 1. The lowest BCUT2D eigenvalue weighted by molar-refractivity contribution is -0.120. The van der Waals surface area contributed by atoms with Crippen LogP contribution in [0.1, 0.15) is 12.6 Å². The van der Waals surface area contributed by atoms with Gasteiger partial charge in [-0.2, -0.15) is 0 Å². The monoisotopic (exact) mass is 451 g/mol. The first-order valence-electron chi connectivity index (χ1n) is 10.4. The number of methoxy groups -OCH3 is 1. The highest BCUT2D eigenvalue weighted by atomic mass is 32.1. The molecule has 32 heavy (non-hydrogen) atoms. The number of hydrogen-bond acceptors (Lipinski definition) is 6. The number of fused-ring (bicyclic) bond motifs is 1. The Morgan fingerprint density at radius 1 is 1.03 bits per heavy atom. The molecule has 0 radical (unpaired) electrons. The van der Waals surface area contributed by atoms with Gasteiger partial charge in [-0.05, 0) is 55.5 Å². The average Bonchev–Trinajstić information content (AvgIpc) is 3.40. The van der Waals surface area contributed by atoms with Crippen LogP contribution in [0.3, 0.4) is 0 Å². The van der Waals surface area contributed by atoms with Gasteiger partial charge in [-0.15, -0.1) is 11.3 Å². The molecule has 2 aromatic heterocycles.